The standard InChI is InChI=1S/C25H34N2S/c1-22-14-23(21(28)27-20-9-7-19(26)8-10-20)11-17-12-24(15-22,25(22,13-17)16-23)18-5-3-2-4-6-18/h2-6,17,19-20H,7-16,26H2,1H3,(H,27,28)/t17?,19-,20-,22-,23?,24-,25?/m1/s1. The maximum absolute atomic E-state index is 6.18. The van der Waals surface area contributed by atoms with E-state index in [2.05, 4.69) is 42.6 Å². The molecule has 0 aliphatic heterocycles. The van der Waals surface area contributed by atoms with Crippen molar-refractivity contribution in [1.29, 1.82) is 0 Å². The highest BCUT2D eigenvalue weighted by Gasteiger charge is 2.83. The minimum atomic E-state index is 0.263. The van der Waals surface area contributed by atoms with Crippen LogP contribution in [0.2, 0.25) is 0 Å². The van der Waals surface area contributed by atoms with Gasteiger partial charge in [0.05, 0.1) is 4.99 Å². The Morgan fingerprint density at radius 3 is 2.50 bits per heavy atom. The molecule has 1 spiro atoms. The van der Waals surface area contributed by atoms with Crippen molar-refractivity contribution in [3.8, 4) is 0 Å². The number of nitrogens with two attached hydrogens (primary N) is 1. The average Bonchev–Trinajstić information content (AvgIpc) is 2.97. The van der Waals surface area contributed by atoms with E-state index in [1.807, 2.05) is 0 Å². The summed E-state index contributed by atoms with van der Waals surface area (Å²) in [6, 6.07) is 12.5. The Morgan fingerprint density at radius 2 is 1.75 bits per heavy atom. The highest BCUT2D eigenvalue weighted by atomic mass is 32.1. The molecule has 1 aromatic rings. The zero-order valence-corrected chi connectivity index (χ0v) is 18.0. The van der Waals surface area contributed by atoms with E-state index in [0.717, 1.165) is 18.8 Å². The van der Waals surface area contributed by atoms with Crippen LogP contribution in [0.5, 0.6) is 0 Å². The molecule has 6 rings (SSSR count). The molecule has 0 amide bonds. The third-order valence-electron chi connectivity index (χ3n) is 10.0. The van der Waals surface area contributed by atoms with E-state index in [0.29, 0.717) is 28.3 Å². The predicted molar refractivity (Wildman–Crippen MR) is 118 cm³/mol. The summed E-state index contributed by atoms with van der Waals surface area (Å²) < 4.78 is 0. The summed E-state index contributed by atoms with van der Waals surface area (Å²) in [5.74, 6) is 0.859. The SMILES string of the molecule is C[C@]12CC3(C(=S)N[C@H]4CC[C@H](N)CC4)CC4CC1(C3)[C@](c1ccccc1)(C4)C2. The van der Waals surface area contributed by atoms with E-state index >= 15 is 0 Å². The number of rotatable bonds is 3. The summed E-state index contributed by atoms with van der Waals surface area (Å²) in [5, 5.41) is 3.88. The Balaban J connectivity index is 1.31. The number of fused-ring (bicyclic) bond motifs is 2. The molecule has 3 bridgehead atoms. The second-order valence-corrected chi connectivity index (χ2v) is 11.9. The van der Waals surface area contributed by atoms with Crippen molar-refractivity contribution in [2.45, 2.75) is 88.6 Å². The predicted octanol–water partition coefficient (Wildman–Crippen LogP) is 5.10. The number of thiocarbonyl (C=S) groups is 1. The van der Waals surface area contributed by atoms with Crippen molar-refractivity contribution >= 4 is 17.2 Å². The lowest BCUT2D eigenvalue weighted by Gasteiger charge is -2.66. The molecule has 0 heterocycles. The van der Waals surface area contributed by atoms with Gasteiger partial charge in [0.25, 0.3) is 0 Å². The average molecular weight is 395 g/mol. The molecule has 2 nitrogen and oxygen atoms in total. The van der Waals surface area contributed by atoms with Crippen molar-refractivity contribution in [2.24, 2.45) is 27.9 Å². The van der Waals surface area contributed by atoms with Crippen LogP contribution in [-0.4, -0.2) is 17.1 Å². The first-order chi connectivity index (χ1) is 13.4. The fourth-order valence-electron chi connectivity index (χ4n) is 9.27. The molecule has 150 valence electrons. The number of hydrogen-bond acceptors (Lipinski definition) is 2. The van der Waals surface area contributed by atoms with Gasteiger partial charge in [0.15, 0.2) is 0 Å². The highest BCUT2D eigenvalue weighted by Crippen LogP contribution is 2.88. The molecular formula is C25H34N2S. The number of benzene rings is 1. The number of nitrogens with one attached hydrogen (secondary N) is 1. The van der Waals surface area contributed by atoms with Gasteiger partial charge in [0, 0.05) is 22.9 Å². The normalized spacial score (nSPS) is 50.9. The molecule has 3 heteroatoms. The molecule has 1 aromatic carbocycles. The Bertz CT molecular complexity index is 815. The lowest BCUT2D eigenvalue weighted by atomic mass is 9.38. The Morgan fingerprint density at radius 1 is 1.00 bits per heavy atom. The van der Waals surface area contributed by atoms with E-state index in [1.165, 1.54) is 56.4 Å². The summed E-state index contributed by atoms with van der Waals surface area (Å²) in [6.07, 6.45) is 12.9. The molecule has 5 aliphatic rings. The van der Waals surface area contributed by atoms with Crippen molar-refractivity contribution in [3.63, 3.8) is 0 Å². The van der Waals surface area contributed by atoms with Gasteiger partial charge in [-0.05, 0) is 86.5 Å². The summed E-state index contributed by atoms with van der Waals surface area (Å²) in [6.45, 7) is 2.60. The number of hydrogen-bond donors (Lipinski definition) is 2. The fourth-order valence-corrected chi connectivity index (χ4v) is 9.66. The zero-order valence-electron chi connectivity index (χ0n) is 17.2. The van der Waals surface area contributed by atoms with Crippen molar-refractivity contribution in [2.75, 3.05) is 0 Å². The Labute approximate surface area is 175 Å². The molecular weight excluding hydrogens is 360 g/mol. The quantitative estimate of drug-likeness (QED) is 0.700. The van der Waals surface area contributed by atoms with Gasteiger partial charge in [-0.2, -0.15) is 0 Å². The molecule has 5 fully saturated rings. The summed E-state index contributed by atoms with van der Waals surface area (Å²) in [5.41, 5.74) is 9.41. The lowest BCUT2D eigenvalue weighted by molar-refractivity contribution is -0.115. The van der Waals surface area contributed by atoms with E-state index in [1.54, 1.807) is 5.56 Å². The van der Waals surface area contributed by atoms with Crippen LogP contribution in [0, 0.1) is 22.2 Å². The van der Waals surface area contributed by atoms with E-state index in [9.17, 15) is 0 Å². The van der Waals surface area contributed by atoms with Crippen molar-refractivity contribution in [3.05, 3.63) is 35.9 Å². The zero-order chi connectivity index (χ0) is 19.2. The molecule has 3 unspecified atom stereocenters. The Hall–Kier alpha value is -0.930. The molecule has 28 heavy (non-hydrogen) atoms. The lowest BCUT2D eigenvalue weighted by Crippen LogP contribution is -2.61. The van der Waals surface area contributed by atoms with Crippen LogP contribution in [0.1, 0.15) is 76.7 Å². The van der Waals surface area contributed by atoms with Gasteiger partial charge in [-0.3, -0.25) is 0 Å². The first kappa shape index (κ1) is 17.9. The van der Waals surface area contributed by atoms with Crippen molar-refractivity contribution < 1.29 is 0 Å². The first-order valence-electron chi connectivity index (χ1n) is 11.5. The van der Waals surface area contributed by atoms with Crippen LogP contribution in [0.4, 0.5) is 0 Å². The van der Waals surface area contributed by atoms with Gasteiger partial charge >= 0.3 is 0 Å². The fraction of sp³-hybridized carbons (Fsp3) is 0.720. The van der Waals surface area contributed by atoms with E-state index in [-0.39, 0.29) is 5.41 Å². The van der Waals surface area contributed by atoms with Crippen LogP contribution in [0.25, 0.3) is 0 Å². The molecule has 5 atom stereocenters. The van der Waals surface area contributed by atoms with Crippen LogP contribution in [0.15, 0.2) is 30.3 Å². The van der Waals surface area contributed by atoms with E-state index < -0.39 is 0 Å². The molecule has 5 aliphatic carbocycles. The third kappa shape index (κ3) is 2.06. The first-order valence-corrected chi connectivity index (χ1v) is 11.9. The maximum atomic E-state index is 6.18. The summed E-state index contributed by atoms with van der Waals surface area (Å²) >= 11 is 6.18. The second kappa shape index (κ2) is 5.60. The van der Waals surface area contributed by atoms with Crippen LogP contribution >= 0.6 is 12.2 Å². The van der Waals surface area contributed by atoms with E-state index in [4.69, 9.17) is 18.0 Å². The minimum Gasteiger partial charge on any atom is -0.376 e. The smallest absolute Gasteiger partial charge is 0.0818 e. The molecule has 0 radical (unpaired) electrons. The third-order valence-corrected chi connectivity index (χ3v) is 10.6. The molecule has 0 aromatic heterocycles. The van der Waals surface area contributed by atoms with Crippen molar-refractivity contribution in [1.82, 2.24) is 5.32 Å². The topological polar surface area (TPSA) is 38.0 Å². The van der Waals surface area contributed by atoms with Crippen LogP contribution in [-0.2, 0) is 5.41 Å². The van der Waals surface area contributed by atoms with Crippen LogP contribution in [0.3, 0.4) is 0 Å². The second-order valence-electron chi connectivity index (χ2n) is 11.5. The monoisotopic (exact) mass is 394 g/mol. The van der Waals surface area contributed by atoms with Gasteiger partial charge < -0.3 is 11.1 Å². The van der Waals surface area contributed by atoms with Gasteiger partial charge in [0.2, 0.25) is 0 Å². The summed E-state index contributed by atoms with van der Waals surface area (Å²) in [7, 11) is 0. The van der Waals surface area contributed by atoms with Gasteiger partial charge in [-0.25, -0.2) is 0 Å². The van der Waals surface area contributed by atoms with Crippen LogP contribution < -0.4 is 11.1 Å². The summed E-state index contributed by atoms with van der Waals surface area (Å²) in [4.78, 5) is 1.22. The molecule has 3 N–H and O–H groups in total. The molecule has 0 saturated heterocycles. The Kier molecular flexibility index (Phi) is 3.58. The maximum Gasteiger partial charge on any atom is 0.0818 e. The van der Waals surface area contributed by atoms with Gasteiger partial charge in [-0.1, -0.05) is 49.5 Å². The van der Waals surface area contributed by atoms with Gasteiger partial charge in [0.1, 0.15) is 0 Å². The van der Waals surface area contributed by atoms with Gasteiger partial charge in [-0.15, -0.1) is 0 Å². The largest absolute Gasteiger partial charge is 0.376 e. The highest BCUT2D eigenvalue weighted by molar-refractivity contribution is 7.80. The minimum absolute atomic E-state index is 0.263. The molecule has 5 saturated carbocycles.